The molecule has 3 aromatic rings. The second kappa shape index (κ2) is 5.53. The molecule has 6 nitrogen and oxygen atoms in total. The Kier molecular flexibility index (Phi) is 3.73. The largest absolute Gasteiger partial charge is 0.397 e. The van der Waals surface area contributed by atoms with Crippen LogP contribution in [0.25, 0.3) is 10.9 Å². The standard InChI is InChI=1S/C13H12BrN5OS/c1-2-19-12(20)17-18-13(19)21-11-8-5-7(14)3-4-10(8)16-6-9(11)15/h3-6H,2,15H2,1H3,(H,17,20). The van der Waals surface area contributed by atoms with Gasteiger partial charge >= 0.3 is 5.69 Å². The van der Waals surface area contributed by atoms with E-state index in [1.54, 1.807) is 10.8 Å². The third-order valence-electron chi connectivity index (χ3n) is 3.04. The summed E-state index contributed by atoms with van der Waals surface area (Å²) in [5.74, 6) is 0. The van der Waals surface area contributed by atoms with Crippen LogP contribution in [0.4, 0.5) is 5.69 Å². The van der Waals surface area contributed by atoms with Crippen molar-refractivity contribution in [2.45, 2.75) is 23.5 Å². The zero-order chi connectivity index (χ0) is 15.0. The van der Waals surface area contributed by atoms with E-state index in [2.05, 4.69) is 31.1 Å². The van der Waals surface area contributed by atoms with Gasteiger partial charge in [0.25, 0.3) is 0 Å². The van der Waals surface area contributed by atoms with Gasteiger partial charge in [-0.2, -0.15) is 0 Å². The Hall–Kier alpha value is -1.80. The van der Waals surface area contributed by atoms with E-state index in [1.807, 2.05) is 25.1 Å². The van der Waals surface area contributed by atoms with Gasteiger partial charge in [-0.05, 0) is 36.9 Å². The molecule has 3 rings (SSSR count). The van der Waals surface area contributed by atoms with Crippen LogP contribution in [-0.2, 0) is 6.54 Å². The number of benzene rings is 1. The van der Waals surface area contributed by atoms with Crippen LogP contribution in [0.1, 0.15) is 6.92 Å². The van der Waals surface area contributed by atoms with Crippen LogP contribution in [0.2, 0.25) is 0 Å². The van der Waals surface area contributed by atoms with Crippen molar-refractivity contribution in [2.24, 2.45) is 0 Å². The number of hydrogen-bond donors (Lipinski definition) is 2. The molecule has 0 atom stereocenters. The lowest BCUT2D eigenvalue weighted by Gasteiger charge is -2.09. The zero-order valence-corrected chi connectivity index (χ0v) is 13.5. The van der Waals surface area contributed by atoms with Crippen LogP contribution in [-0.4, -0.2) is 19.7 Å². The normalized spacial score (nSPS) is 11.1. The Labute approximate surface area is 132 Å². The minimum Gasteiger partial charge on any atom is -0.397 e. The molecule has 0 saturated carbocycles. The molecule has 8 heteroatoms. The highest BCUT2D eigenvalue weighted by Crippen LogP contribution is 2.36. The molecule has 0 unspecified atom stereocenters. The molecule has 0 fully saturated rings. The number of rotatable bonds is 3. The number of pyridine rings is 1. The number of hydrogen-bond acceptors (Lipinski definition) is 5. The maximum absolute atomic E-state index is 11.6. The zero-order valence-electron chi connectivity index (χ0n) is 11.1. The third kappa shape index (κ3) is 2.56. The predicted octanol–water partition coefficient (Wildman–Crippen LogP) is 2.64. The first-order valence-corrected chi connectivity index (χ1v) is 7.88. The molecule has 2 aromatic heterocycles. The molecule has 0 amide bonds. The molecule has 1 aromatic carbocycles. The topological polar surface area (TPSA) is 89.6 Å². The number of aromatic nitrogens is 4. The van der Waals surface area contributed by atoms with Crippen LogP contribution in [0.3, 0.4) is 0 Å². The van der Waals surface area contributed by atoms with Crippen LogP contribution < -0.4 is 11.4 Å². The highest BCUT2D eigenvalue weighted by Gasteiger charge is 2.14. The summed E-state index contributed by atoms with van der Waals surface area (Å²) in [6.45, 7) is 2.44. The highest BCUT2D eigenvalue weighted by atomic mass is 79.9. The van der Waals surface area contributed by atoms with Crippen molar-refractivity contribution in [1.29, 1.82) is 0 Å². The van der Waals surface area contributed by atoms with Gasteiger partial charge in [0, 0.05) is 21.3 Å². The van der Waals surface area contributed by atoms with Gasteiger partial charge in [-0.3, -0.25) is 9.55 Å². The average Bonchev–Trinajstić information content (AvgIpc) is 2.82. The maximum atomic E-state index is 11.6. The maximum Gasteiger partial charge on any atom is 0.343 e. The number of nitrogen functional groups attached to an aromatic ring is 1. The molecule has 0 radical (unpaired) electrons. The number of fused-ring (bicyclic) bond motifs is 1. The van der Waals surface area contributed by atoms with Crippen molar-refractivity contribution in [1.82, 2.24) is 19.7 Å². The number of nitrogens with zero attached hydrogens (tertiary/aromatic N) is 3. The average molecular weight is 366 g/mol. The molecule has 0 saturated heterocycles. The van der Waals surface area contributed by atoms with E-state index in [4.69, 9.17) is 5.73 Å². The first-order valence-electron chi connectivity index (χ1n) is 6.27. The molecular formula is C13H12BrN5OS. The van der Waals surface area contributed by atoms with Crippen molar-refractivity contribution >= 4 is 44.3 Å². The fraction of sp³-hybridized carbons (Fsp3) is 0.154. The minimum absolute atomic E-state index is 0.224. The Morgan fingerprint density at radius 1 is 1.48 bits per heavy atom. The van der Waals surface area contributed by atoms with E-state index in [-0.39, 0.29) is 5.69 Å². The molecule has 108 valence electrons. The van der Waals surface area contributed by atoms with Gasteiger partial charge in [0.15, 0.2) is 5.16 Å². The minimum atomic E-state index is -0.224. The van der Waals surface area contributed by atoms with Crippen LogP contribution in [0.15, 0.2) is 43.7 Å². The Morgan fingerprint density at radius 2 is 2.29 bits per heavy atom. The van der Waals surface area contributed by atoms with Gasteiger partial charge in [0.2, 0.25) is 0 Å². The molecule has 2 heterocycles. The second-order valence-corrected chi connectivity index (χ2v) is 6.25. The quantitative estimate of drug-likeness (QED) is 0.744. The lowest BCUT2D eigenvalue weighted by atomic mass is 10.2. The Bertz CT molecular complexity index is 867. The molecule has 0 aliphatic carbocycles. The SMILES string of the molecule is CCn1c(Sc2c(N)cnc3ccc(Br)cc23)n[nH]c1=O. The Balaban J connectivity index is 2.17. The summed E-state index contributed by atoms with van der Waals surface area (Å²) < 4.78 is 2.51. The lowest BCUT2D eigenvalue weighted by Crippen LogP contribution is -2.16. The number of halogens is 1. The molecule has 0 aliphatic heterocycles. The van der Waals surface area contributed by atoms with Gasteiger partial charge in [-0.15, -0.1) is 5.10 Å². The van der Waals surface area contributed by atoms with E-state index in [0.29, 0.717) is 17.4 Å². The van der Waals surface area contributed by atoms with E-state index in [9.17, 15) is 4.79 Å². The number of aromatic amines is 1. The number of H-pyrrole nitrogens is 1. The molecule has 3 N–H and O–H groups in total. The van der Waals surface area contributed by atoms with Crippen molar-refractivity contribution in [2.75, 3.05) is 5.73 Å². The third-order valence-corrected chi connectivity index (χ3v) is 4.69. The second-order valence-electron chi connectivity index (χ2n) is 4.36. The fourth-order valence-electron chi connectivity index (χ4n) is 2.02. The summed E-state index contributed by atoms with van der Waals surface area (Å²) in [5, 5.41) is 8.02. The fourth-order valence-corrected chi connectivity index (χ4v) is 3.42. The van der Waals surface area contributed by atoms with Gasteiger partial charge in [-0.1, -0.05) is 15.9 Å². The van der Waals surface area contributed by atoms with Crippen LogP contribution in [0, 0.1) is 0 Å². The molecular weight excluding hydrogens is 354 g/mol. The van der Waals surface area contributed by atoms with Gasteiger partial charge in [0.05, 0.1) is 17.4 Å². The number of nitrogens with two attached hydrogens (primary N) is 1. The van der Waals surface area contributed by atoms with Crippen LogP contribution in [0.5, 0.6) is 0 Å². The predicted molar refractivity (Wildman–Crippen MR) is 86.5 cm³/mol. The number of anilines is 1. The van der Waals surface area contributed by atoms with Gasteiger partial charge in [-0.25, -0.2) is 9.89 Å². The summed E-state index contributed by atoms with van der Waals surface area (Å²) in [6.07, 6.45) is 1.62. The monoisotopic (exact) mass is 365 g/mol. The summed E-state index contributed by atoms with van der Waals surface area (Å²) in [6, 6.07) is 5.80. The van der Waals surface area contributed by atoms with E-state index in [0.717, 1.165) is 20.3 Å². The molecule has 0 bridgehead atoms. The van der Waals surface area contributed by atoms with E-state index >= 15 is 0 Å². The molecule has 0 aliphatic rings. The molecule has 21 heavy (non-hydrogen) atoms. The van der Waals surface area contributed by atoms with Crippen molar-refractivity contribution in [3.8, 4) is 0 Å². The van der Waals surface area contributed by atoms with Gasteiger partial charge in [0.1, 0.15) is 0 Å². The smallest absolute Gasteiger partial charge is 0.343 e. The summed E-state index contributed by atoms with van der Waals surface area (Å²) in [5.41, 5.74) is 7.24. The first-order chi connectivity index (χ1) is 10.1. The number of nitrogens with one attached hydrogen (secondary N) is 1. The summed E-state index contributed by atoms with van der Waals surface area (Å²) in [4.78, 5) is 16.8. The van der Waals surface area contributed by atoms with Crippen LogP contribution >= 0.6 is 27.7 Å². The van der Waals surface area contributed by atoms with Crippen molar-refractivity contribution < 1.29 is 0 Å². The Morgan fingerprint density at radius 3 is 3.05 bits per heavy atom. The highest BCUT2D eigenvalue weighted by molar-refractivity contribution is 9.10. The van der Waals surface area contributed by atoms with Crippen molar-refractivity contribution in [3.63, 3.8) is 0 Å². The van der Waals surface area contributed by atoms with E-state index in [1.165, 1.54) is 11.8 Å². The lowest BCUT2D eigenvalue weighted by molar-refractivity contribution is 0.660. The summed E-state index contributed by atoms with van der Waals surface area (Å²) in [7, 11) is 0. The van der Waals surface area contributed by atoms with Gasteiger partial charge < -0.3 is 5.73 Å². The first kappa shape index (κ1) is 14.2. The van der Waals surface area contributed by atoms with E-state index < -0.39 is 0 Å². The van der Waals surface area contributed by atoms with Crippen molar-refractivity contribution in [3.05, 3.63) is 39.4 Å². The molecule has 0 spiro atoms. The summed E-state index contributed by atoms with van der Waals surface area (Å²) >= 11 is 4.81.